The number of hydrogen-bond acceptors (Lipinski definition) is 6. The highest BCUT2D eigenvalue weighted by atomic mass is 33.1. The van der Waals surface area contributed by atoms with Gasteiger partial charge in [-0.15, -0.1) is 23.5 Å². The highest BCUT2D eigenvalue weighted by molar-refractivity contribution is 8.92. The quantitative estimate of drug-likeness (QED) is 0.560. The number of carbonyl (C=O) groups excluding carboxylic acids is 1. The SMILES string of the molecule is CSC(=O)C1=C(SC)SC2=S1SC(SC)=C2. The zero-order valence-electron chi connectivity index (χ0n) is 8.94. The van der Waals surface area contributed by atoms with Gasteiger partial charge in [-0.25, -0.2) is 0 Å². The van der Waals surface area contributed by atoms with Crippen molar-refractivity contribution in [2.75, 3.05) is 18.8 Å². The second kappa shape index (κ2) is 5.84. The Morgan fingerprint density at radius 3 is 2.62 bits per heavy atom. The summed E-state index contributed by atoms with van der Waals surface area (Å²) in [5.41, 5.74) is 0. The van der Waals surface area contributed by atoms with E-state index < -0.39 is 0 Å². The first kappa shape index (κ1) is 13.5. The van der Waals surface area contributed by atoms with Crippen LogP contribution in [0, 0.1) is 0 Å². The molecule has 2 rings (SSSR count). The summed E-state index contributed by atoms with van der Waals surface area (Å²) in [6.07, 6.45) is 8.24. The van der Waals surface area contributed by atoms with Gasteiger partial charge in [0.05, 0.1) is 17.6 Å². The summed E-state index contributed by atoms with van der Waals surface area (Å²) in [6.45, 7) is 0. The van der Waals surface area contributed by atoms with Gasteiger partial charge in [0, 0.05) is 0 Å². The molecule has 0 aromatic carbocycles. The van der Waals surface area contributed by atoms with Crippen LogP contribution in [-0.2, 0) is 4.79 Å². The molecule has 0 bridgehead atoms. The molecule has 0 amide bonds. The van der Waals surface area contributed by atoms with Crippen LogP contribution in [0.5, 0.6) is 0 Å². The summed E-state index contributed by atoms with van der Waals surface area (Å²) in [4.78, 5) is 13.0. The molecule has 2 heterocycles. The molecule has 88 valence electrons. The molecule has 2 aliphatic rings. The molecule has 0 N–H and O–H groups in total. The molecule has 7 heteroatoms. The lowest BCUT2D eigenvalue weighted by atomic mass is 10.7. The molecule has 0 radical (unpaired) electrons. The molecule has 2 aliphatic heterocycles. The Hall–Kier alpha value is 1.12. The van der Waals surface area contributed by atoms with Crippen LogP contribution in [0.1, 0.15) is 0 Å². The predicted octanol–water partition coefficient (Wildman–Crippen LogP) is 4.42. The number of carbonyl (C=O) groups is 1. The zero-order valence-corrected chi connectivity index (χ0v) is 13.8. The summed E-state index contributed by atoms with van der Waals surface area (Å²) in [6, 6.07) is 0. The molecule has 0 saturated heterocycles. The lowest BCUT2D eigenvalue weighted by molar-refractivity contribution is -0.107. The third-order valence-corrected chi connectivity index (χ3v) is 11.3. The van der Waals surface area contributed by atoms with Crippen LogP contribution in [-0.4, -0.2) is 28.1 Å². The van der Waals surface area contributed by atoms with Crippen molar-refractivity contribution in [3.8, 4) is 0 Å². The van der Waals surface area contributed by atoms with Crippen molar-refractivity contribution in [2.24, 2.45) is 0 Å². The van der Waals surface area contributed by atoms with Crippen molar-refractivity contribution in [3.05, 3.63) is 19.5 Å². The molecule has 0 aliphatic carbocycles. The largest absolute Gasteiger partial charge is 0.281 e. The minimum absolute atomic E-state index is 0.0243. The molecule has 0 aromatic rings. The van der Waals surface area contributed by atoms with E-state index in [2.05, 4.69) is 12.3 Å². The molecule has 1 atom stereocenters. The molecule has 0 fully saturated rings. The van der Waals surface area contributed by atoms with Crippen LogP contribution in [0.15, 0.2) is 19.5 Å². The van der Waals surface area contributed by atoms with E-state index in [4.69, 9.17) is 0 Å². The van der Waals surface area contributed by atoms with E-state index in [0.717, 1.165) is 4.91 Å². The third-order valence-electron chi connectivity index (χ3n) is 1.91. The zero-order chi connectivity index (χ0) is 11.7. The summed E-state index contributed by atoms with van der Waals surface area (Å²) < 4.78 is 3.88. The number of hydrogen-bond donors (Lipinski definition) is 0. The fourth-order valence-corrected chi connectivity index (χ4v) is 11.5. The van der Waals surface area contributed by atoms with Gasteiger partial charge in [0.2, 0.25) is 5.12 Å². The van der Waals surface area contributed by atoms with Crippen molar-refractivity contribution < 1.29 is 4.79 Å². The Morgan fingerprint density at radius 1 is 1.31 bits per heavy atom. The molecule has 0 aromatic heterocycles. The third kappa shape index (κ3) is 2.44. The molecule has 1 nitrogen and oxygen atoms in total. The van der Waals surface area contributed by atoms with E-state index in [1.54, 1.807) is 35.3 Å². The Labute approximate surface area is 119 Å². The molecule has 0 spiro atoms. The first-order valence-electron chi connectivity index (χ1n) is 4.31. The van der Waals surface area contributed by atoms with Gasteiger partial charge in [0.1, 0.15) is 0 Å². The summed E-state index contributed by atoms with van der Waals surface area (Å²) in [5.74, 6) is 0. The van der Waals surface area contributed by atoms with Crippen LogP contribution < -0.4 is 0 Å². The van der Waals surface area contributed by atoms with E-state index in [1.165, 1.54) is 24.4 Å². The van der Waals surface area contributed by atoms with Crippen LogP contribution in [0.3, 0.4) is 0 Å². The summed E-state index contributed by atoms with van der Waals surface area (Å²) >= 11 is 6.57. The molecule has 0 saturated carbocycles. The normalized spacial score (nSPS) is 23.8. The van der Waals surface area contributed by atoms with Gasteiger partial charge >= 0.3 is 0 Å². The number of rotatable bonds is 3. The van der Waals surface area contributed by atoms with Crippen molar-refractivity contribution in [2.45, 2.75) is 0 Å². The first-order chi connectivity index (χ1) is 7.71. The summed E-state index contributed by atoms with van der Waals surface area (Å²) in [5, 5.41) is 0.235. The maximum atomic E-state index is 11.9. The van der Waals surface area contributed by atoms with Gasteiger partial charge < -0.3 is 0 Å². The van der Waals surface area contributed by atoms with E-state index in [0.29, 0.717) is 0 Å². The topological polar surface area (TPSA) is 17.1 Å². The summed E-state index contributed by atoms with van der Waals surface area (Å²) in [7, 11) is 1.82. The highest BCUT2D eigenvalue weighted by Crippen LogP contribution is 2.62. The number of thioether (sulfide) groups is 4. The van der Waals surface area contributed by atoms with Crippen LogP contribution in [0.25, 0.3) is 0 Å². The van der Waals surface area contributed by atoms with E-state index >= 15 is 0 Å². The minimum atomic E-state index is -0.0243. The van der Waals surface area contributed by atoms with Gasteiger partial charge in [-0.2, -0.15) is 0 Å². The van der Waals surface area contributed by atoms with Gasteiger partial charge in [0.25, 0.3) is 0 Å². The first-order valence-corrected chi connectivity index (χ1v) is 11.4. The van der Waals surface area contributed by atoms with E-state index in [-0.39, 0.29) is 14.6 Å². The maximum Gasteiger partial charge on any atom is 0.227 e. The van der Waals surface area contributed by atoms with Gasteiger partial charge in [-0.1, -0.05) is 43.8 Å². The highest BCUT2D eigenvalue weighted by Gasteiger charge is 2.32. The molecule has 16 heavy (non-hydrogen) atoms. The van der Waals surface area contributed by atoms with Crippen molar-refractivity contribution >= 4 is 76.7 Å². The van der Waals surface area contributed by atoms with Crippen LogP contribution in [0.2, 0.25) is 0 Å². The van der Waals surface area contributed by atoms with Gasteiger partial charge in [-0.3, -0.25) is 4.79 Å². The lowest BCUT2D eigenvalue weighted by Crippen LogP contribution is -1.92. The fourth-order valence-electron chi connectivity index (χ4n) is 1.20. The second-order valence-electron chi connectivity index (χ2n) is 2.75. The average molecular weight is 327 g/mol. The van der Waals surface area contributed by atoms with Crippen molar-refractivity contribution in [1.29, 1.82) is 0 Å². The van der Waals surface area contributed by atoms with E-state index in [9.17, 15) is 4.79 Å². The van der Waals surface area contributed by atoms with Crippen molar-refractivity contribution in [1.82, 2.24) is 0 Å². The van der Waals surface area contributed by atoms with Crippen LogP contribution >= 0.6 is 67.4 Å². The Kier molecular flexibility index (Phi) is 4.95. The second-order valence-corrected chi connectivity index (χ2v) is 10.5. The predicted molar refractivity (Wildman–Crippen MR) is 88.4 cm³/mol. The Bertz CT molecular complexity index is 433. The standard InChI is InChI=1S/C9H10OS6/c1-11-5-4-6-14-9(13-3)7(8(10)12-2)16(6)15-5/h4H,1-3H3. The smallest absolute Gasteiger partial charge is 0.227 e. The molecular weight excluding hydrogens is 317 g/mol. The minimum Gasteiger partial charge on any atom is -0.281 e. The Morgan fingerprint density at radius 2 is 2.06 bits per heavy atom. The van der Waals surface area contributed by atoms with E-state index in [1.807, 2.05) is 23.3 Å². The lowest BCUT2D eigenvalue weighted by Gasteiger charge is -2.06. The maximum absolute atomic E-state index is 11.9. The molecule has 1 unspecified atom stereocenters. The van der Waals surface area contributed by atoms with Gasteiger partial charge in [-0.05, 0) is 24.8 Å². The fraction of sp³-hybridized carbons (Fsp3) is 0.333. The average Bonchev–Trinajstić information content (AvgIpc) is 2.83. The Balaban J connectivity index is 2.30. The molecular formula is C9H10OS6. The monoisotopic (exact) mass is 326 g/mol. The van der Waals surface area contributed by atoms with Gasteiger partial charge in [0.15, 0.2) is 0 Å². The van der Waals surface area contributed by atoms with Crippen molar-refractivity contribution in [3.63, 3.8) is 0 Å². The van der Waals surface area contributed by atoms with Crippen LogP contribution in [0.4, 0.5) is 0 Å².